The van der Waals surface area contributed by atoms with Gasteiger partial charge in [-0.1, -0.05) is 89.2 Å². The van der Waals surface area contributed by atoms with E-state index in [0.29, 0.717) is 0 Å². The van der Waals surface area contributed by atoms with Crippen molar-refractivity contribution in [3.05, 3.63) is 93.6 Å². The molecule has 1 aliphatic heterocycles. The van der Waals surface area contributed by atoms with Crippen LogP contribution in [0.25, 0.3) is 16.3 Å². The van der Waals surface area contributed by atoms with Crippen molar-refractivity contribution in [1.29, 1.82) is 0 Å². The second kappa shape index (κ2) is 7.31. The van der Waals surface area contributed by atoms with Crippen LogP contribution in [0.4, 0.5) is 0 Å². The lowest BCUT2D eigenvalue weighted by molar-refractivity contribution is 0.00578. The number of benzene rings is 3. The molecule has 0 amide bonds. The molecule has 194 valence electrons. The highest BCUT2D eigenvalue weighted by Crippen LogP contribution is 2.58. The first-order chi connectivity index (χ1) is 17.7. The first kappa shape index (κ1) is 24.4. The van der Waals surface area contributed by atoms with E-state index in [1.165, 1.54) is 55.3 Å². The summed E-state index contributed by atoms with van der Waals surface area (Å²) in [5.41, 5.74) is 12.0. The largest absolute Gasteiger partial charge is 0.494 e. The number of hydrogen-bond donors (Lipinski definition) is 0. The van der Waals surface area contributed by atoms with Crippen molar-refractivity contribution in [3.63, 3.8) is 0 Å². The Kier molecular flexibility index (Phi) is 4.70. The van der Waals surface area contributed by atoms with Crippen LogP contribution < -0.4 is 5.46 Å². The highest BCUT2D eigenvalue weighted by molar-refractivity contribution is 6.62. The van der Waals surface area contributed by atoms with Crippen molar-refractivity contribution in [3.8, 4) is 0 Å². The van der Waals surface area contributed by atoms with E-state index >= 15 is 0 Å². The monoisotopic (exact) mass is 502 g/mol. The normalized spacial score (nSPS) is 23.7. The van der Waals surface area contributed by atoms with Gasteiger partial charge in [-0.2, -0.15) is 0 Å². The summed E-state index contributed by atoms with van der Waals surface area (Å²) >= 11 is 0. The van der Waals surface area contributed by atoms with Gasteiger partial charge in [0.05, 0.1) is 11.2 Å². The Morgan fingerprint density at radius 3 is 2.21 bits per heavy atom. The Balaban J connectivity index is 1.39. The van der Waals surface area contributed by atoms with Gasteiger partial charge in [0, 0.05) is 11.3 Å². The average Bonchev–Trinajstić information content (AvgIpc) is 3.20. The topological polar surface area (TPSA) is 18.5 Å². The molecule has 1 saturated heterocycles. The second-order valence-electron chi connectivity index (χ2n) is 14.5. The zero-order valence-electron chi connectivity index (χ0n) is 24.4. The fourth-order valence-electron chi connectivity index (χ4n) is 7.11. The van der Waals surface area contributed by atoms with Crippen LogP contribution in [0.2, 0.25) is 0 Å². The Labute approximate surface area is 228 Å². The summed E-state index contributed by atoms with van der Waals surface area (Å²) in [6.45, 7) is 20.2. The van der Waals surface area contributed by atoms with Gasteiger partial charge in [0.1, 0.15) is 0 Å². The standard InChI is InChI=1S/C35H39BO2/c1-32(2,3)23-16-20-10-11-22-18-28-31(26-14-12-21(17-23)29(20)30(22)26)25-15-13-24(19-27(25)33(28,4)5)36-37-34(6,7)35(8,9)38-36/h11-19,31H,10H2,1-9H3. The molecule has 1 heterocycles. The summed E-state index contributed by atoms with van der Waals surface area (Å²) in [6.07, 6.45) is 5.98. The zero-order chi connectivity index (χ0) is 27.0. The fraction of sp³-hybridized carbons (Fsp3) is 0.429. The molecule has 0 N–H and O–H groups in total. The zero-order valence-corrected chi connectivity index (χ0v) is 24.4. The highest BCUT2D eigenvalue weighted by Gasteiger charge is 2.53. The van der Waals surface area contributed by atoms with Crippen LogP contribution in [0.1, 0.15) is 102 Å². The lowest BCUT2D eigenvalue weighted by atomic mass is 9.70. The van der Waals surface area contributed by atoms with Crippen molar-refractivity contribution >= 4 is 28.9 Å². The molecule has 3 aromatic carbocycles. The maximum absolute atomic E-state index is 6.43. The van der Waals surface area contributed by atoms with E-state index in [1.54, 1.807) is 0 Å². The van der Waals surface area contributed by atoms with Crippen molar-refractivity contribution in [2.24, 2.45) is 0 Å². The van der Waals surface area contributed by atoms with Crippen LogP contribution >= 0.6 is 0 Å². The summed E-state index contributed by atoms with van der Waals surface area (Å²) in [5, 5.41) is 2.84. The minimum Gasteiger partial charge on any atom is -0.399 e. The molecule has 1 unspecified atom stereocenters. The third-order valence-electron chi connectivity index (χ3n) is 10.2. The average molecular weight is 503 g/mol. The van der Waals surface area contributed by atoms with E-state index in [-0.39, 0.29) is 35.1 Å². The molecule has 1 atom stereocenters. The molecule has 0 aromatic heterocycles. The van der Waals surface area contributed by atoms with Gasteiger partial charge in [0.25, 0.3) is 0 Å². The van der Waals surface area contributed by atoms with Gasteiger partial charge >= 0.3 is 7.12 Å². The smallest absolute Gasteiger partial charge is 0.399 e. The van der Waals surface area contributed by atoms with Crippen LogP contribution in [-0.4, -0.2) is 18.3 Å². The molecule has 2 nitrogen and oxygen atoms in total. The fourth-order valence-corrected chi connectivity index (χ4v) is 7.11. The Morgan fingerprint density at radius 1 is 0.842 bits per heavy atom. The maximum atomic E-state index is 6.43. The molecular formula is C35H39BO2. The van der Waals surface area contributed by atoms with E-state index in [4.69, 9.17) is 9.31 Å². The van der Waals surface area contributed by atoms with E-state index in [9.17, 15) is 0 Å². The van der Waals surface area contributed by atoms with Gasteiger partial charge in [0.2, 0.25) is 0 Å². The predicted molar refractivity (Wildman–Crippen MR) is 159 cm³/mol. The van der Waals surface area contributed by atoms with Gasteiger partial charge < -0.3 is 9.31 Å². The Hall–Kier alpha value is -2.62. The summed E-state index contributed by atoms with van der Waals surface area (Å²) in [5.74, 6) is 0.289. The van der Waals surface area contributed by atoms with Crippen molar-refractivity contribution in [1.82, 2.24) is 0 Å². The quantitative estimate of drug-likeness (QED) is 0.317. The minimum absolute atomic E-state index is 0.0660. The van der Waals surface area contributed by atoms with Gasteiger partial charge in [-0.3, -0.25) is 0 Å². The van der Waals surface area contributed by atoms with Crippen LogP contribution in [0, 0.1) is 0 Å². The number of fused-ring (bicyclic) bond motifs is 4. The molecule has 3 heteroatoms. The molecule has 4 aliphatic rings. The Bertz CT molecular complexity index is 1590. The molecule has 1 fully saturated rings. The summed E-state index contributed by atoms with van der Waals surface area (Å²) < 4.78 is 12.9. The van der Waals surface area contributed by atoms with Gasteiger partial charge in [-0.15, -0.1) is 0 Å². The van der Waals surface area contributed by atoms with Crippen molar-refractivity contribution in [2.75, 3.05) is 0 Å². The number of hydrogen-bond acceptors (Lipinski definition) is 2. The lowest BCUT2D eigenvalue weighted by Gasteiger charge is -2.33. The molecule has 3 aromatic rings. The van der Waals surface area contributed by atoms with Crippen LogP contribution in [0.5, 0.6) is 0 Å². The third kappa shape index (κ3) is 3.15. The molecule has 0 saturated carbocycles. The van der Waals surface area contributed by atoms with E-state index < -0.39 is 0 Å². The predicted octanol–water partition coefficient (Wildman–Crippen LogP) is 7.74. The van der Waals surface area contributed by atoms with Gasteiger partial charge in [0.15, 0.2) is 0 Å². The van der Waals surface area contributed by atoms with E-state index in [1.807, 2.05) is 0 Å². The van der Waals surface area contributed by atoms with E-state index in [2.05, 4.69) is 117 Å². The number of allylic oxidation sites excluding steroid dienone is 4. The molecule has 0 bridgehead atoms. The number of rotatable bonds is 1. The SMILES string of the molecule is CC(C)(C)c1cc2c3c4c(ccc3c1)C1C(=CC4=CC2)C(C)(C)c2cc(B3OC(C)(C)C(C)(C)O3)ccc21. The van der Waals surface area contributed by atoms with Crippen LogP contribution in [0.3, 0.4) is 0 Å². The summed E-state index contributed by atoms with van der Waals surface area (Å²) in [6, 6.07) is 16.6. The van der Waals surface area contributed by atoms with E-state index in [0.717, 1.165) is 11.9 Å². The molecule has 38 heavy (non-hydrogen) atoms. The molecule has 7 rings (SSSR count). The summed E-state index contributed by atoms with van der Waals surface area (Å²) in [4.78, 5) is 0. The second-order valence-corrected chi connectivity index (χ2v) is 14.5. The van der Waals surface area contributed by atoms with Gasteiger partial charge in [-0.05, 0) is 100 Å². The highest BCUT2D eigenvalue weighted by atomic mass is 16.7. The molecular weight excluding hydrogens is 463 g/mol. The van der Waals surface area contributed by atoms with Crippen LogP contribution in [0.15, 0.2) is 60.2 Å². The Morgan fingerprint density at radius 2 is 1.53 bits per heavy atom. The van der Waals surface area contributed by atoms with Crippen molar-refractivity contribution < 1.29 is 9.31 Å². The van der Waals surface area contributed by atoms with Crippen molar-refractivity contribution in [2.45, 2.75) is 96.7 Å². The summed E-state index contributed by atoms with van der Waals surface area (Å²) in [7, 11) is -0.342. The third-order valence-corrected chi connectivity index (χ3v) is 10.2. The molecule has 0 radical (unpaired) electrons. The first-order valence-corrected chi connectivity index (χ1v) is 14.2. The minimum atomic E-state index is -0.345. The van der Waals surface area contributed by atoms with Gasteiger partial charge in [-0.25, -0.2) is 0 Å². The molecule has 0 spiro atoms. The van der Waals surface area contributed by atoms with Crippen LogP contribution in [-0.2, 0) is 26.6 Å². The molecule has 3 aliphatic carbocycles. The first-order valence-electron chi connectivity index (χ1n) is 14.2. The lowest BCUT2D eigenvalue weighted by Crippen LogP contribution is -2.41. The maximum Gasteiger partial charge on any atom is 0.494 e.